The second kappa shape index (κ2) is 4.73. The van der Waals surface area contributed by atoms with Gasteiger partial charge in [0.1, 0.15) is 0 Å². The van der Waals surface area contributed by atoms with Crippen molar-refractivity contribution in [3.8, 4) is 0 Å². The molecule has 1 aliphatic heterocycles. The summed E-state index contributed by atoms with van der Waals surface area (Å²) in [6.07, 6.45) is 4.67. The highest BCUT2D eigenvalue weighted by atomic mass is 16.2. The smallest absolute Gasteiger partial charge is 0.233 e. The van der Waals surface area contributed by atoms with E-state index in [1.165, 1.54) is 12.8 Å². The van der Waals surface area contributed by atoms with Gasteiger partial charge in [-0.05, 0) is 43.4 Å². The summed E-state index contributed by atoms with van der Waals surface area (Å²) in [5.74, 6) is 0.336. The predicted molar refractivity (Wildman–Crippen MR) is 82.9 cm³/mol. The lowest BCUT2D eigenvalue weighted by Gasteiger charge is -2.36. The van der Waals surface area contributed by atoms with Crippen LogP contribution in [0.25, 0.3) is 0 Å². The van der Waals surface area contributed by atoms with E-state index >= 15 is 0 Å². The summed E-state index contributed by atoms with van der Waals surface area (Å²) in [6, 6.07) is 8.69. The lowest BCUT2D eigenvalue weighted by molar-refractivity contribution is -0.135. The zero-order chi connectivity index (χ0) is 14.4. The van der Waals surface area contributed by atoms with Gasteiger partial charge in [-0.15, -0.1) is 0 Å². The van der Waals surface area contributed by atoms with Gasteiger partial charge in [0, 0.05) is 37.9 Å². The van der Waals surface area contributed by atoms with Gasteiger partial charge in [0.15, 0.2) is 0 Å². The molecule has 2 N–H and O–H groups in total. The van der Waals surface area contributed by atoms with Crippen molar-refractivity contribution >= 4 is 11.6 Å². The van der Waals surface area contributed by atoms with Crippen molar-refractivity contribution in [3.05, 3.63) is 29.8 Å². The van der Waals surface area contributed by atoms with E-state index in [2.05, 4.69) is 9.80 Å². The lowest BCUT2D eigenvalue weighted by Crippen LogP contribution is -2.52. The molecule has 1 saturated heterocycles. The Morgan fingerprint density at radius 2 is 1.67 bits per heavy atom. The Kier molecular flexibility index (Phi) is 2.96. The van der Waals surface area contributed by atoms with Gasteiger partial charge in [-0.2, -0.15) is 0 Å². The monoisotopic (exact) mass is 285 g/mol. The molecular weight excluding hydrogens is 262 g/mol. The molecule has 21 heavy (non-hydrogen) atoms. The number of amides is 1. The van der Waals surface area contributed by atoms with E-state index in [0.717, 1.165) is 56.3 Å². The molecule has 3 fully saturated rings. The SMILES string of the molecule is Nc1ccc(C2(C(=O)N3CCN(C4CC4)CC3)CC2)cc1. The molecule has 0 radical (unpaired) electrons. The van der Waals surface area contributed by atoms with Crippen LogP contribution in [0.5, 0.6) is 0 Å². The molecule has 0 bridgehead atoms. The Morgan fingerprint density at radius 1 is 1.05 bits per heavy atom. The summed E-state index contributed by atoms with van der Waals surface area (Å²) in [6.45, 7) is 3.89. The molecule has 0 spiro atoms. The van der Waals surface area contributed by atoms with Crippen molar-refractivity contribution in [2.75, 3.05) is 31.9 Å². The Labute approximate surface area is 125 Å². The highest BCUT2D eigenvalue weighted by molar-refractivity contribution is 5.91. The minimum atomic E-state index is -0.241. The molecule has 4 nitrogen and oxygen atoms in total. The molecule has 2 aliphatic carbocycles. The van der Waals surface area contributed by atoms with E-state index in [4.69, 9.17) is 5.73 Å². The van der Waals surface area contributed by atoms with Crippen molar-refractivity contribution in [1.29, 1.82) is 0 Å². The zero-order valence-corrected chi connectivity index (χ0v) is 12.4. The first kappa shape index (κ1) is 13.1. The van der Waals surface area contributed by atoms with Crippen LogP contribution in [-0.4, -0.2) is 47.9 Å². The van der Waals surface area contributed by atoms with Crippen molar-refractivity contribution in [2.24, 2.45) is 0 Å². The van der Waals surface area contributed by atoms with Crippen LogP contribution >= 0.6 is 0 Å². The third-order valence-corrected chi connectivity index (χ3v) is 5.29. The molecule has 0 unspecified atom stereocenters. The van der Waals surface area contributed by atoms with E-state index in [0.29, 0.717) is 5.91 Å². The minimum Gasteiger partial charge on any atom is -0.399 e. The first-order chi connectivity index (χ1) is 10.2. The predicted octanol–water partition coefficient (Wildman–Crippen LogP) is 1.61. The van der Waals surface area contributed by atoms with Crippen LogP contribution in [0.15, 0.2) is 24.3 Å². The number of benzene rings is 1. The Hall–Kier alpha value is -1.55. The summed E-state index contributed by atoms with van der Waals surface area (Å²) < 4.78 is 0. The first-order valence-corrected chi connectivity index (χ1v) is 8.08. The number of nitrogens with two attached hydrogens (primary N) is 1. The maximum Gasteiger partial charge on any atom is 0.233 e. The average molecular weight is 285 g/mol. The van der Waals surface area contributed by atoms with Gasteiger partial charge >= 0.3 is 0 Å². The lowest BCUT2D eigenvalue weighted by atomic mass is 9.93. The van der Waals surface area contributed by atoms with Gasteiger partial charge in [0.25, 0.3) is 0 Å². The van der Waals surface area contributed by atoms with E-state index < -0.39 is 0 Å². The molecule has 112 valence electrons. The standard InChI is InChI=1S/C17H23N3O/c18-14-3-1-13(2-4-14)17(7-8-17)16(21)20-11-9-19(10-12-20)15-5-6-15/h1-4,15H,5-12,18H2. The van der Waals surface area contributed by atoms with Gasteiger partial charge in [-0.25, -0.2) is 0 Å². The number of carbonyl (C=O) groups excluding carboxylic acids is 1. The first-order valence-electron chi connectivity index (χ1n) is 8.08. The van der Waals surface area contributed by atoms with Crippen LogP contribution in [0.2, 0.25) is 0 Å². The molecule has 3 aliphatic rings. The number of rotatable bonds is 3. The second-order valence-corrected chi connectivity index (χ2v) is 6.76. The summed E-state index contributed by atoms with van der Waals surface area (Å²) in [5.41, 5.74) is 7.43. The van der Waals surface area contributed by atoms with Crippen molar-refractivity contribution in [3.63, 3.8) is 0 Å². The normalized spacial score (nSPS) is 24.9. The number of anilines is 1. The van der Waals surface area contributed by atoms with Crippen molar-refractivity contribution in [2.45, 2.75) is 37.1 Å². The number of nitrogen functional groups attached to an aromatic ring is 1. The molecule has 1 aromatic rings. The Bertz CT molecular complexity index is 538. The van der Waals surface area contributed by atoms with Gasteiger partial charge in [0.05, 0.1) is 5.41 Å². The van der Waals surface area contributed by atoms with Crippen LogP contribution < -0.4 is 5.73 Å². The van der Waals surface area contributed by atoms with Crippen LogP contribution in [-0.2, 0) is 10.2 Å². The van der Waals surface area contributed by atoms with Gasteiger partial charge in [-0.1, -0.05) is 12.1 Å². The average Bonchev–Trinajstić information content (AvgIpc) is 3.40. The van der Waals surface area contributed by atoms with E-state index in [9.17, 15) is 4.79 Å². The molecule has 0 atom stereocenters. The summed E-state index contributed by atoms with van der Waals surface area (Å²) in [5, 5.41) is 0. The summed E-state index contributed by atoms with van der Waals surface area (Å²) in [4.78, 5) is 17.6. The zero-order valence-electron chi connectivity index (χ0n) is 12.4. The molecule has 1 heterocycles. The van der Waals surface area contributed by atoms with E-state index in [1.54, 1.807) is 0 Å². The summed E-state index contributed by atoms with van der Waals surface area (Å²) >= 11 is 0. The number of piperazine rings is 1. The highest BCUT2D eigenvalue weighted by Crippen LogP contribution is 2.49. The quantitative estimate of drug-likeness (QED) is 0.858. The Morgan fingerprint density at radius 3 is 2.19 bits per heavy atom. The Balaban J connectivity index is 1.45. The maximum absolute atomic E-state index is 12.9. The molecule has 4 rings (SSSR count). The molecular formula is C17H23N3O. The number of nitrogens with zero attached hydrogens (tertiary/aromatic N) is 2. The topological polar surface area (TPSA) is 49.6 Å². The van der Waals surface area contributed by atoms with Gasteiger partial charge in [0.2, 0.25) is 5.91 Å². The molecule has 1 aromatic carbocycles. The number of carbonyl (C=O) groups is 1. The van der Waals surface area contributed by atoms with E-state index in [1.807, 2.05) is 24.3 Å². The second-order valence-electron chi connectivity index (χ2n) is 6.76. The van der Waals surface area contributed by atoms with Crippen molar-refractivity contribution in [1.82, 2.24) is 9.80 Å². The van der Waals surface area contributed by atoms with Crippen LogP contribution in [0, 0.1) is 0 Å². The number of hydrogen-bond acceptors (Lipinski definition) is 3. The van der Waals surface area contributed by atoms with Crippen molar-refractivity contribution < 1.29 is 4.79 Å². The highest BCUT2D eigenvalue weighted by Gasteiger charge is 2.53. The van der Waals surface area contributed by atoms with E-state index in [-0.39, 0.29) is 5.41 Å². The minimum absolute atomic E-state index is 0.241. The number of hydrogen-bond donors (Lipinski definition) is 1. The van der Waals surface area contributed by atoms with Gasteiger partial charge in [-0.3, -0.25) is 9.69 Å². The fourth-order valence-electron chi connectivity index (χ4n) is 3.59. The molecule has 2 saturated carbocycles. The third-order valence-electron chi connectivity index (χ3n) is 5.29. The summed E-state index contributed by atoms with van der Waals surface area (Å²) in [7, 11) is 0. The van der Waals surface area contributed by atoms with Crippen LogP contribution in [0.4, 0.5) is 5.69 Å². The van der Waals surface area contributed by atoms with Crippen LogP contribution in [0.1, 0.15) is 31.2 Å². The molecule has 4 heteroatoms. The fraction of sp³-hybridized carbons (Fsp3) is 0.588. The molecule has 1 amide bonds. The van der Waals surface area contributed by atoms with Gasteiger partial charge < -0.3 is 10.6 Å². The third kappa shape index (κ3) is 2.31. The fourth-order valence-corrected chi connectivity index (χ4v) is 3.59. The largest absolute Gasteiger partial charge is 0.399 e. The maximum atomic E-state index is 12.9. The molecule has 0 aromatic heterocycles. The van der Waals surface area contributed by atoms with Crippen LogP contribution in [0.3, 0.4) is 0 Å².